The number of benzene rings is 2. The molecule has 1 aromatic heterocycles. The molecular formula is C20H23Cl2N3. The van der Waals surface area contributed by atoms with Crippen molar-refractivity contribution in [1.29, 1.82) is 0 Å². The zero-order chi connectivity index (χ0) is 16.5. The molecular weight excluding hydrogens is 353 g/mol. The summed E-state index contributed by atoms with van der Waals surface area (Å²) in [6, 6.07) is 14.6. The summed E-state index contributed by atoms with van der Waals surface area (Å²) < 4.78 is 2.39. The quantitative estimate of drug-likeness (QED) is 0.714. The number of nitrogens with one attached hydrogen (secondary N) is 1. The van der Waals surface area contributed by atoms with Crippen molar-refractivity contribution in [2.24, 2.45) is 0 Å². The Labute approximate surface area is 160 Å². The van der Waals surface area contributed by atoms with Crippen molar-refractivity contribution < 1.29 is 17.3 Å². The van der Waals surface area contributed by atoms with Gasteiger partial charge in [0, 0.05) is 10.6 Å². The lowest BCUT2D eigenvalue weighted by atomic mass is 10.1. The van der Waals surface area contributed by atoms with Gasteiger partial charge < -0.3 is 17.3 Å². The van der Waals surface area contributed by atoms with Crippen LogP contribution < -0.4 is 17.3 Å². The van der Waals surface area contributed by atoms with Crippen LogP contribution in [0.3, 0.4) is 0 Å². The maximum atomic E-state index is 6.06. The molecule has 0 radical (unpaired) electrons. The third-order valence-corrected chi connectivity index (χ3v) is 5.20. The summed E-state index contributed by atoms with van der Waals surface area (Å²) in [5.74, 6) is 1.05. The van der Waals surface area contributed by atoms with Gasteiger partial charge in [-0.05, 0) is 68.1 Å². The van der Waals surface area contributed by atoms with Gasteiger partial charge in [-0.25, -0.2) is 4.98 Å². The molecule has 0 bridgehead atoms. The third-order valence-electron chi connectivity index (χ3n) is 4.95. The summed E-state index contributed by atoms with van der Waals surface area (Å²) in [4.78, 5) is 6.59. The number of hydrogen-bond donors (Lipinski definition) is 1. The van der Waals surface area contributed by atoms with Crippen molar-refractivity contribution in [3.8, 4) is 11.4 Å². The fourth-order valence-corrected chi connectivity index (χ4v) is 3.78. The number of imidazole rings is 1. The summed E-state index contributed by atoms with van der Waals surface area (Å²) in [5.41, 5.74) is 4.68. The fraction of sp³-hybridized carbons (Fsp3) is 0.350. The van der Waals surface area contributed by atoms with E-state index in [-0.39, 0.29) is 12.4 Å². The Hall–Kier alpha value is -1.55. The molecule has 1 saturated heterocycles. The van der Waals surface area contributed by atoms with E-state index in [4.69, 9.17) is 16.6 Å². The number of halogens is 2. The second-order valence-corrected chi connectivity index (χ2v) is 7.27. The van der Waals surface area contributed by atoms with Gasteiger partial charge in [-0.2, -0.15) is 0 Å². The van der Waals surface area contributed by atoms with E-state index in [1.807, 2.05) is 12.1 Å². The topological polar surface area (TPSA) is 22.3 Å². The first-order valence-electron chi connectivity index (χ1n) is 8.77. The van der Waals surface area contributed by atoms with E-state index in [1.54, 1.807) is 4.90 Å². The van der Waals surface area contributed by atoms with E-state index in [0.29, 0.717) is 0 Å². The zero-order valence-corrected chi connectivity index (χ0v) is 15.9. The van der Waals surface area contributed by atoms with Crippen LogP contribution in [0.5, 0.6) is 0 Å². The minimum absolute atomic E-state index is 0. The molecule has 0 atom stereocenters. The van der Waals surface area contributed by atoms with Crippen LogP contribution in [0.2, 0.25) is 5.02 Å². The molecule has 3 aromatic rings. The van der Waals surface area contributed by atoms with E-state index >= 15 is 0 Å². The Morgan fingerprint density at radius 2 is 1.76 bits per heavy atom. The van der Waals surface area contributed by atoms with Gasteiger partial charge >= 0.3 is 0 Å². The van der Waals surface area contributed by atoms with Crippen LogP contribution in [0.1, 0.15) is 24.8 Å². The van der Waals surface area contributed by atoms with Gasteiger partial charge in [0.15, 0.2) is 6.67 Å². The minimum atomic E-state index is 0. The smallest absolute Gasteiger partial charge is 0.158 e. The summed E-state index contributed by atoms with van der Waals surface area (Å²) in [6.07, 6.45) is 4.03. The fourth-order valence-electron chi connectivity index (χ4n) is 3.65. The van der Waals surface area contributed by atoms with Gasteiger partial charge in [-0.15, -0.1) is 0 Å². The van der Waals surface area contributed by atoms with Crippen LogP contribution in [0.4, 0.5) is 0 Å². The van der Waals surface area contributed by atoms with Crippen LogP contribution in [-0.2, 0) is 6.67 Å². The largest absolute Gasteiger partial charge is 1.00 e. The molecule has 1 N–H and O–H groups in total. The van der Waals surface area contributed by atoms with Crippen LogP contribution in [0.25, 0.3) is 22.4 Å². The van der Waals surface area contributed by atoms with E-state index < -0.39 is 0 Å². The maximum absolute atomic E-state index is 6.06. The van der Waals surface area contributed by atoms with Gasteiger partial charge in [-0.1, -0.05) is 17.7 Å². The Morgan fingerprint density at radius 3 is 2.48 bits per heavy atom. The van der Waals surface area contributed by atoms with E-state index in [9.17, 15) is 0 Å². The van der Waals surface area contributed by atoms with Gasteiger partial charge in [0.25, 0.3) is 0 Å². The highest BCUT2D eigenvalue weighted by atomic mass is 35.5. The number of quaternary nitrogens is 1. The lowest BCUT2D eigenvalue weighted by Crippen LogP contribution is -3.12. The first kappa shape index (κ1) is 18.2. The predicted molar refractivity (Wildman–Crippen MR) is 99.5 cm³/mol. The van der Waals surface area contributed by atoms with Gasteiger partial charge in [0.2, 0.25) is 0 Å². The van der Waals surface area contributed by atoms with Gasteiger partial charge in [0.05, 0.1) is 24.1 Å². The number of fused-ring (bicyclic) bond motifs is 1. The predicted octanol–water partition coefficient (Wildman–Crippen LogP) is 0.695. The Balaban J connectivity index is 0.00000182. The van der Waals surface area contributed by atoms with Crippen LogP contribution >= 0.6 is 11.6 Å². The molecule has 132 valence electrons. The first-order valence-corrected chi connectivity index (χ1v) is 9.15. The van der Waals surface area contributed by atoms with E-state index in [0.717, 1.165) is 28.6 Å². The maximum Gasteiger partial charge on any atom is 0.158 e. The average Bonchev–Trinajstić information content (AvgIpc) is 2.94. The van der Waals surface area contributed by atoms with E-state index in [1.165, 1.54) is 43.4 Å². The molecule has 0 spiro atoms. The van der Waals surface area contributed by atoms with Gasteiger partial charge in [0.1, 0.15) is 5.82 Å². The zero-order valence-electron chi connectivity index (χ0n) is 14.4. The minimum Gasteiger partial charge on any atom is -1.00 e. The van der Waals surface area contributed by atoms with Crippen LogP contribution in [-0.4, -0.2) is 22.6 Å². The monoisotopic (exact) mass is 375 g/mol. The third kappa shape index (κ3) is 3.84. The van der Waals surface area contributed by atoms with Crippen molar-refractivity contribution in [3.05, 3.63) is 53.1 Å². The SMILES string of the molecule is Cc1ccc2c(c1)nc(-c1ccc(Cl)cc1)n2C[NH+]1CCCCC1.[Cl-]. The highest BCUT2D eigenvalue weighted by Crippen LogP contribution is 2.26. The van der Waals surface area contributed by atoms with Crippen molar-refractivity contribution in [2.75, 3.05) is 13.1 Å². The molecule has 0 unspecified atom stereocenters. The molecule has 25 heavy (non-hydrogen) atoms. The van der Waals surface area contributed by atoms with E-state index in [2.05, 4.69) is 41.8 Å². The molecule has 2 heterocycles. The molecule has 3 nitrogen and oxygen atoms in total. The number of hydrogen-bond acceptors (Lipinski definition) is 1. The number of nitrogens with zero attached hydrogens (tertiary/aromatic N) is 2. The summed E-state index contributed by atoms with van der Waals surface area (Å²) in [7, 11) is 0. The molecule has 5 heteroatoms. The molecule has 0 saturated carbocycles. The molecule has 0 aliphatic carbocycles. The normalized spacial score (nSPS) is 15.3. The highest BCUT2D eigenvalue weighted by molar-refractivity contribution is 6.30. The number of rotatable bonds is 3. The van der Waals surface area contributed by atoms with Crippen molar-refractivity contribution in [3.63, 3.8) is 0 Å². The second-order valence-electron chi connectivity index (χ2n) is 6.83. The molecule has 4 rings (SSSR count). The van der Waals surface area contributed by atoms with Crippen molar-refractivity contribution >= 4 is 22.6 Å². The van der Waals surface area contributed by atoms with Crippen molar-refractivity contribution in [2.45, 2.75) is 32.9 Å². The molecule has 1 aliphatic rings. The molecule has 1 fully saturated rings. The summed E-state index contributed by atoms with van der Waals surface area (Å²) in [6.45, 7) is 5.62. The van der Waals surface area contributed by atoms with Crippen molar-refractivity contribution in [1.82, 2.24) is 9.55 Å². The summed E-state index contributed by atoms with van der Waals surface area (Å²) >= 11 is 6.06. The Kier molecular flexibility index (Phi) is 5.67. The number of aromatic nitrogens is 2. The molecule has 2 aromatic carbocycles. The number of aryl methyl sites for hydroxylation is 1. The number of likely N-dealkylation sites (tertiary alicyclic amines) is 1. The van der Waals surface area contributed by atoms with Crippen LogP contribution in [0, 0.1) is 6.92 Å². The Bertz CT molecular complexity index is 849. The Morgan fingerprint density at radius 1 is 1.04 bits per heavy atom. The molecule has 0 amide bonds. The second kappa shape index (κ2) is 7.77. The summed E-state index contributed by atoms with van der Waals surface area (Å²) in [5, 5.41) is 0.763. The first-order chi connectivity index (χ1) is 11.7. The van der Waals surface area contributed by atoms with Crippen LogP contribution in [0.15, 0.2) is 42.5 Å². The standard InChI is InChI=1S/C20H22ClN3.ClH/c1-15-5-10-19-18(13-15)22-20(16-6-8-17(21)9-7-16)24(19)14-23-11-3-2-4-12-23;/h5-10,13H,2-4,11-12,14H2,1H3;1H. The number of piperidine rings is 1. The highest BCUT2D eigenvalue weighted by Gasteiger charge is 2.19. The van der Waals surface area contributed by atoms with Gasteiger partial charge in [-0.3, -0.25) is 4.57 Å². The lowest BCUT2D eigenvalue weighted by Gasteiger charge is -2.24. The average molecular weight is 376 g/mol. The molecule has 1 aliphatic heterocycles. The lowest BCUT2D eigenvalue weighted by molar-refractivity contribution is -0.927.